The molecule has 44 valence electrons. The fourth-order valence-corrected chi connectivity index (χ4v) is 1.03. The van der Waals surface area contributed by atoms with Gasteiger partial charge in [0.05, 0.1) is 6.54 Å². The first-order valence-corrected chi connectivity index (χ1v) is 3.66. The van der Waals surface area contributed by atoms with Gasteiger partial charge in [0.15, 0.2) is 0 Å². The molecule has 1 aliphatic rings. The summed E-state index contributed by atoms with van der Waals surface area (Å²) in [6, 6.07) is 0. The summed E-state index contributed by atoms with van der Waals surface area (Å²) >= 11 is 2.33. The van der Waals surface area contributed by atoms with E-state index in [9.17, 15) is 0 Å². The molecule has 0 aliphatic carbocycles. The number of nitrogens with zero attached hydrogens (tertiary/aromatic N) is 1. The highest BCUT2D eigenvalue weighted by Gasteiger charge is 2.07. The van der Waals surface area contributed by atoms with E-state index in [2.05, 4.69) is 41.4 Å². The Morgan fingerprint density at radius 2 is 2.12 bits per heavy atom. The molecule has 0 fully saturated rings. The molecule has 0 unspecified atom stereocenters. The Bertz CT molecular complexity index is 162. The number of aliphatic imine (C=N–C) groups is 1. The Kier molecular flexibility index (Phi) is 1.70. The lowest BCUT2D eigenvalue weighted by Crippen LogP contribution is -1.82. The van der Waals surface area contributed by atoms with Gasteiger partial charge in [-0.1, -0.05) is 0 Å². The average molecular weight is 221 g/mol. The van der Waals surface area contributed by atoms with Crippen molar-refractivity contribution in [3.8, 4) is 0 Å². The molecule has 0 aromatic heterocycles. The standard InChI is InChI=1S/C6H8IN/c1-4-3-8-5(2)6(4)7/h3H2,1-2H3. The molecule has 0 atom stereocenters. The molecule has 0 spiro atoms. The van der Waals surface area contributed by atoms with Crippen LogP contribution in [0, 0.1) is 0 Å². The molecule has 0 aromatic rings. The van der Waals surface area contributed by atoms with Crippen molar-refractivity contribution in [1.82, 2.24) is 0 Å². The van der Waals surface area contributed by atoms with Crippen LogP contribution in [0.1, 0.15) is 13.8 Å². The van der Waals surface area contributed by atoms with Gasteiger partial charge in [0.25, 0.3) is 0 Å². The van der Waals surface area contributed by atoms with Crippen LogP contribution in [-0.2, 0) is 0 Å². The quantitative estimate of drug-likeness (QED) is 0.556. The van der Waals surface area contributed by atoms with Crippen LogP contribution in [0.15, 0.2) is 14.1 Å². The van der Waals surface area contributed by atoms with Gasteiger partial charge in [-0.2, -0.15) is 0 Å². The van der Waals surface area contributed by atoms with Gasteiger partial charge < -0.3 is 0 Å². The average Bonchev–Trinajstić information content (AvgIpc) is 1.98. The highest BCUT2D eigenvalue weighted by Crippen LogP contribution is 2.20. The Morgan fingerprint density at radius 3 is 2.25 bits per heavy atom. The van der Waals surface area contributed by atoms with Gasteiger partial charge in [-0.05, 0) is 42.0 Å². The van der Waals surface area contributed by atoms with Crippen molar-refractivity contribution in [2.45, 2.75) is 13.8 Å². The Morgan fingerprint density at radius 1 is 1.50 bits per heavy atom. The van der Waals surface area contributed by atoms with Crippen LogP contribution >= 0.6 is 22.6 Å². The van der Waals surface area contributed by atoms with Crippen LogP contribution in [0.5, 0.6) is 0 Å². The van der Waals surface area contributed by atoms with Gasteiger partial charge >= 0.3 is 0 Å². The third-order valence-electron chi connectivity index (χ3n) is 1.25. The first-order valence-electron chi connectivity index (χ1n) is 2.58. The van der Waals surface area contributed by atoms with E-state index in [-0.39, 0.29) is 0 Å². The number of halogens is 1. The van der Waals surface area contributed by atoms with E-state index in [1.54, 1.807) is 0 Å². The summed E-state index contributed by atoms with van der Waals surface area (Å²) in [6.45, 7) is 5.10. The van der Waals surface area contributed by atoms with Gasteiger partial charge in [0, 0.05) is 9.29 Å². The summed E-state index contributed by atoms with van der Waals surface area (Å²) < 4.78 is 1.35. The second kappa shape index (κ2) is 2.17. The summed E-state index contributed by atoms with van der Waals surface area (Å²) in [6.07, 6.45) is 0. The molecule has 1 nitrogen and oxygen atoms in total. The Balaban J connectivity index is 2.88. The molecule has 1 rings (SSSR count). The van der Waals surface area contributed by atoms with E-state index >= 15 is 0 Å². The normalized spacial score (nSPS) is 19.6. The minimum atomic E-state index is 0.921. The van der Waals surface area contributed by atoms with Gasteiger partial charge in [-0.3, -0.25) is 4.99 Å². The maximum absolute atomic E-state index is 4.23. The molecule has 0 amide bonds. The molecule has 0 N–H and O–H groups in total. The lowest BCUT2D eigenvalue weighted by atomic mass is 10.3. The highest BCUT2D eigenvalue weighted by atomic mass is 127. The fourth-order valence-electron chi connectivity index (χ4n) is 0.685. The lowest BCUT2D eigenvalue weighted by Gasteiger charge is -1.88. The number of hydrogen-bond acceptors (Lipinski definition) is 1. The van der Waals surface area contributed by atoms with E-state index in [1.807, 2.05) is 0 Å². The minimum Gasteiger partial charge on any atom is -0.285 e. The van der Waals surface area contributed by atoms with Gasteiger partial charge in [-0.25, -0.2) is 0 Å². The summed E-state index contributed by atoms with van der Waals surface area (Å²) in [5, 5.41) is 0. The van der Waals surface area contributed by atoms with Crippen molar-refractivity contribution < 1.29 is 0 Å². The molecular weight excluding hydrogens is 213 g/mol. The number of rotatable bonds is 0. The zero-order valence-electron chi connectivity index (χ0n) is 5.03. The third kappa shape index (κ3) is 0.940. The first-order chi connectivity index (χ1) is 3.72. The predicted octanol–water partition coefficient (Wildman–Crippen LogP) is 2.17. The summed E-state index contributed by atoms with van der Waals surface area (Å²) in [7, 11) is 0. The van der Waals surface area contributed by atoms with Crippen molar-refractivity contribution in [1.29, 1.82) is 0 Å². The molecule has 1 aliphatic heterocycles. The zero-order valence-corrected chi connectivity index (χ0v) is 7.19. The minimum absolute atomic E-state index is 0.921. The third-order valence-corrected chi connectivity index (χ3v) is 2.95. The maximum atomic E-state index is 4.23. The number of allylic oxidation sites excluding steroid dienone is 1. The van der Waals surface area contributed by atoms with Crippen LogP contribution in [-0.4, -0.2) is 12.3 Å². The topological polar surface area (TPSA) is 12.4 Å². The van der Waals surface area contributed by atoms with Crippen molar-refractivity contribution in [3.63, 3.8) is 0 Å². The molecule has 8 heavy (non-hydrogen) atoms. The van der Waals surface area contributed by atoms with Crippen LogP contribution in [0.25, 0.3) is 0 Å². The monoisotopic (exact) mass is 221 g/mol. The molecule has 2 heteroatoms. The second-order valence-corrected chi connectivity index (χ2v) is 3.07. The lowest BCUT2D eigenvalue weighted by molar-refractivity contribution is 1.17. The van der Waals surface area contributed by atoms with Crippen molar-refractivity contribution in [3.05, 3.63) is 9.15 Å². The smallest absolute Gasteiger partial charge is 0.0614 e. The highest BCUT2D eigenvalue weighted by molar-refractivity contribution is 14.1. The second-order valence-electron chi connectivity index (χ2n) is 2.00. The van der Waals surface area contributed by atoms with Crippen LogP contribution in [0.3, 0.4) is 0 Å². The SMILES string of the molecule is CC1=NCC(C)=C1I. The molecule has 0 bridgehead atoms. The van der Waals surface area contributed by atoms with Crippen molar-refractivity contribution >= 4 is 28.3 Å². The van der Waals surface area contributed by atoms with E-state index in [0.29, 0.717) is 0 Å². The van der Waals surface area contributed by atoms with E-state index in [4.69, 9.17) is 0 Å². The van der Waals surface area contributed by atoms with E-state index in [1.165, 1.54) is 14.9 Å². The molecule has 0 radical (unpaired) electrons. The van der Waals surface area contributed by atoms with Crippen LogP contribution in [0.4, 0.5) is 0 Å². The van der Waals surface area contributed by atoms with Gasteiger partial charge in [0.2, 0.25) is 0 Å². The predicted molar refractivity (Wildman–Crippen MR) is 44.7 cm³/mol. The zero-order chi connectivity index (χ0) is 6.15. The van der Waals surface area contributed by atoms with Crippen LogP contribution in [0.2, 0.25) is 0 Å². The largest absolute Gasteiger partial charge is 0.285 e. The summed E-state index contributed by atoms with van der Waals surface area (Å²) in [5.41, 5.74) is 2.60. The summed E-state index contributed by atoms with van der Waals surface area (Å²) in [5.74, 6) is 0. The molecule has 1 heterocycles. The van der Waals surface area contributed by atoms with Crippen LogP contribution < -0.4 is 0 Å². The fraction of sp³-hybridized carbons (Fsp3) is 0.500. The Labute approximate surface area is 63.0 Å². The van der Waals surface area contributed by atoms with Crippen molar-refractivity contribution in [2.75, 3.05) is 6.54 Å². The van der Waals surface area contributed by atoms with Gasteiger partial charge in [-0.15, -0.1) is 0 Å². The van der Waals surface area contributed by atoms with E-state index in [0.717, 1.165) is 6.54 Å². The Hall–Kier alpha value is 0.140. The molecule has 0 aromatic carbocycles. The number of hydrogen-bond donors (Lipinski definition) is 0. The van der Waals surface area contributed by atoms with E-state index < -0.39 is 0 Å². The first kappa shape index (κ1) is 6.26. The molecule has 0 saturated heterocycles. The van der Waals surface area contributed by atoms with Gasteiger partial charge in [0.1, 0.15) is 0 Å². The molecular formula is C6H8IN. The summed E-state index contributed by atoms with van der Waals surface area (Å²) in [4.78, 5) is 4.23. The van der Waals surface area contributed by atoms with Crippen molar-refractivity contribution in [2.24, 2.45) is 4.99 Å². The molecule has 0 saturated carbocycles. The maximum Gasteiger partial charge on any atom is 0.0614 e.